The van der Waals surface area contributed by atoms with Crippen LogP contribution in [0.5, 0.6) is 5.75 Å². The molecule has 0 heterocycles. The Morgan fingerprint density at radius 1 is 1.17 bits per heavy atom. The number of hydrogen-bond acceptors (Lipinski definition) is 2. The van der Waals surface area contributed by atoms with Gasteiger partial charge in [0.05, 0.1) is 17.8 Å². The first kappa shape index (κ1) is 12.7. The fraction of sp³-hybridized carbons (Fsp3) is 0.143. The minimum Gasteiger partial charge on any atom is -0.497 e. The second-order valence-electron chi connectivity index (χ2n) is 3.83. The van der Waals surface area contributed by atoms with Crippen molar-refractivity contribution < 1.29 is 9.13 Å². The number of methoxy groups -OCH3 is 1. The summed E-state index contributed by atoms with van der Waals surface area (Å²) in [6.07, 6.45) is 0. The minimum atomic E-state index is -0.238. The molecule has 0 amide bonds. The van der Waals surface area contributed by atoms with Crippen LogP contribution in [0.1, 0.15) is 5.56 Å². The zero-order chi connectivity index (χ0) is 13.0. The summed E-state index contributed by atoms with van der Waals surface area (Å²) in [4.78, 5) is 0. The molecule has 0 fully saturated rings. The van der Waals surface area contributed by atoms with Crippen molar-refractivity contribution in [1.29, 1.82) is 0 Å². The molecule has 0 bridgehead atoms. The average molecular weight is 266 g/mol. The van der Waals surface area contributed by atoms with Gasteiger partial charge >= 0.3 is 0 Å². The molecule has 0 radical (unpaired) electrons. The van der Waals surface area contributed by atoms with Crippen molar-refractivity contribution >= 4 is 17.3 Å². The molecule has 0 saturated carbocycles. The van der Waals surface area contributed by atoms with Crippen molar-refractivity contribution in [1.82, 2.24) is 0 Å². The summed E-state index contributed by atoms with van der Waals surface area (Å²) in [6, 6.07) is 11.7. The first-order valence-corrected chi connectivity index (χ1v) is 5.88. The van der Waals surface area contributed by atoms with Crippen LogP contribution in [0.2, 0.25) is 5.02 Å². The number of rotatable bonds is 4. The molecule has 0 unspecified atom stereocenters. The van der Waals surface area contributed by atoms with Crippen LogP contribution >= 0.6 is 11.6 Å². The van der Waals surface area contributed by atoms with Gasteiger partial charge in [-0.3, -0.25) is 0 Å². The van der Waals surface area contributed by atoms with Crippen LogP contribution in [0.3, 0.4) is 0 Å². The Hall–Kier alpha value is -1.74. The van der Waals surface area contributed by atoms with E-state index in [9.17, 15) is 4.39 Å². The van der Waals surface area contributed by atoms with E-state index in [-0.39, 0.29) is 5.82 Å². The third-order valence-electron chi connectivity index (χ3n) is 2.57. The summed E-state index contributed by atoms with van der Waals surface area (Å²) in [7, 11) is 1.60. The highest BCUT2D eigenvalue weighted by Gasteiger charge is 2.02. The van der Waals surface area contributed by atoms with Gasteiger partial charge in [-0.25, -0.2) is 4.39 Å². The Bertz CT molecular complexity index is 528. The lowest BCUT2D eigenvalue weighted by atomic mass is 10.2. The molecule has 0 aliphatic carbocycles. The predicted octanol–water partition coefficient (Wildman–Crippen LogP) is 4.10. The van der Waals surface area contributed by atoms with Crippen molar-refractivity contribution in [3.05, 3.63) is 58.9 Å². The molecular formula is C14H13ClFNO. The lowest BCUT2D eigenvalue weighted by Crippen LogP contribution is -2.00. The van der Waals surface area contributed by atoms with Crippen molar-refractivity contribution in [3.8, 4) is 5.75 Å². The van der Waals surface area contributed by atoms with Crippen LogP contribution in [-0.4, -0.2) is 7.11 Å². The third kappa shape index (κ3) is 3.14. The van der Waals surface area contributed by atoms with E-state index in [1.165, 1.54) is 12.1 Å². The molecule has 18 heavy (non-hydrogen) atoms. The van der Waals surface area contributed by atoms with Crippen LogP contribution in [-0.2, 0) is 6.54 Å². The monoisotopic (exact) mass is 265 g/mol. The van der Waals surface area contributed by atoms with E-state index in [2.05, 4.69) is 5.32 Å². The minimum absolute atomic E-state index is 0.238. The normalized spacial score (nSPS) is 10.2. The highest BCUT2D eigenvalue weighted by molar-refractivity contribution is 6.33. The van der Waals surface area contributed by atoms with Gasteiger partial charge in [0.2, 0.25) is 0 Å². The van der Waals surface area contributed by atoms with Crippen molar-refractivity contribution in [2.24, 2.45) is 0 Å². The van der Waals surface area contributed by atoms with E-state index in [0.717, 1.165) is 17.0 Å². The average Bonchev–Trinajstić information content (AvgIpc) is 2.40. The van der Waals surface area contributed by atoms with Gasteiger partial charge in [0, 0.05) is 12.6 Å². The summed E-state index contributed by atoms with van der Waals surface area (Å²) in [5, 5.41) is 3.81. The standard InChI is InChI=1S/C14H13ClFNO/c1-18-12-6-7-13(15)14(8-12)17-9-10-2-4-11(16)5-3-10/h2-8,17H,9H2,1H3. The van der Waals surface area contributed by atoms with Crippen LogP contribution in [0.4, 0.5) is 10.1 Å². The van der Waals surface area contributed by atoms with Gasteiger partial charge in [-0.2, -0.15) is 0 Å². The smallest absolute Gasteiger partial charge is 0.123 e. The third-order valence-corrected chi connectivity index (χ3v) is 2.90. The molecule has 1 N–H and O–H groups in total. The molecule has 0 aromatic heterocycles. The van der Waals surface area contributed by atoms with E-state index in [0.29, 0.717) is 11.6 Å². The van der Waals surface area contributed by atoms with Gasteiger partial charge in [-0.15, -0.1) is 0 Å². The molecule has 0 aliphatic rings. The zero-order valence-electron chi connectivity index (χ0n) is 9.91. The van der Waals surface area contributed by atoms with Gasteiger partial charge in [0.25, 0.3) is 0 Å². The van der Waals surface area contributed by atoms with E-state index in [1.54, 1.807) is 31.4 Å². The molecule has 0 saturated heterocycles. The molecule has 0 atom stereocenters. The number of halogens is 2. The lowest BCUT2D eigenvalue weighted by molar-refractivity contribution is 0.415. The second-order valence-corrected chi connectivity index (χ2v) is 4.23. The quantitative estimate of drug-likeness (QED) is 0.899. The molecule has 2 nitrogen and oxygen atoms in total. The molecular weight excluding hydrogens is 253 g/mol. The molecule has 2 aromatic carbocycles. The van der Waals surface area contributed by atoms with Crippen molar-refractivity contribution in [2.45, 2.75) is 6.54 Å². The fourth-order valence-corrected chi connectivity index (χ4v) is 1.75. The maximum absolute atomic E-state index is 12.8. The van der Waals surface area contributed by atoms with Gasteiger partial charge in [0.1, 0.15) is 11.6 Å². The Morgan fingerprint density at radius 3 is 2.56 bits per heavy atom. The first-order chi connectivity index (χ1) is 8.69. The van der Waals surface area contributed by atoms with Crippen LogP contribution in [0, 0.1) is 5.82 Å². The van der Waals surface area contributed by atoms with Crippen LogP contribution in [0.25, 0.3) is 0 Å². The summed E-state index contributed by atoms with van der Waals surface area (Å²) in [5.41, 5.74) is 1.77. The van der Waals surface area contributed by atoms with E-state index < -0.39 is 0 Å². The Morgan fingerprint density at radius 2 is 1.89 bits per heavy atom. The molecule has 0 aliphatic heterocycles. The Kier molecular flexibility index (Phi) is 4.05. The predicted molar refractivity (Wildman–Crippen MR) is 71.7 cm³/mol. The second kappa shape index (κ2) is 5.74. The van der Waals surface area contributed by atoms with Gasteiger partial charge in [-0.05, 0) is 29.8 Å². The summed E-state index contributed by atoms with van der Waals surface area (Å²) in [5.74, 6) is 0.499. The molecule has 2 rings (SSSR count). The van der Waals surface area contributed by atoms with Gasteiger partial charge in [0.15, 0.2) is 0 Å². The highest BCUT2D eigenvalue weighted by atomic mass is 35.5. The van der Waals surface area contributed by atoms with Crippen LogP contribution in [0.15, 0.2) is 42.5 Å². The maximum atomic E-state index is 12.8. The fourth-order valence-electron chi connectivity index (χ4n) is 1.57. The topological polar surface area (TPSA) is 21.3 Å². The number of benzene rings is 2. The number of anilines is 1. The highest BCUT2D eigenvalue weighted by Crippen LogP contribution is 2.27. The number of hydrogen-bond donors (Lipinski definition) is 1. The molecule has 2 aromatic rings. The largest absolute Gasteiger partial charge is 0.497 e. The Labute approximate surface area is 110 Å². The first-order valence-electron chi connectivity index (χ1n) is 5.51. The van der Waals surface area contributed by atoms with Gasteiger partial charge < -0.3 is 10.1 Å². The molecule has 94 valence electrons. The zero-order valence-corrected chi connectivity index (χ0v) is 10.7. The number of nitrogens with one attached hydrogen (secondary N) is 1. The summed E-state index contributed by atoms with van der Waals surface area (Å²) in [6.45, 7) is 0.577. The summed E-state index contributed by atoms with van der Waals surface area (Å²) < 4.78 is 17.9. The lowest BCUT2D eigenvalue weighted by Gasteiger charge is -2.10. The summed E-state index contributed by atoms with van der Waals surface area (Å²) >= 11 is 6.07. The van der Waals surface area contributed by atoms with Gasteiger partial charge in [-0.1, -0.05) is 23.7 Å². The number of ether oxygens (including phenoxy) is 1. The van der Waals surface area contributed by atoms with Crippen LogP contribution < -0.4 is 10.1 Å². The van der Waals surface area contributed by atoms with E-state index in [4.69, 9.17) is 16.3 Å². The van der Waals surface area contributed by atoms with E-state index in [1.807, 2.05) is 6.07 Å². The Balaban J connectivity index is 2.07. The van der Waals surface area contributed by atoms with Crippen molar-refractivity contribution in [2.75, 3.05) is 12.4 Å². The van der Waals surface area contributed by atoms with Crippen molar-refractivity contribution in [3.63, 3.8) is 0 Å². The molecule has 4 heteroatoms. The van der Waals surface area contributed by atoms with E-state index >= 15 is 0 Å². The molecule has 0 spiro atoms. The SMILES string of the molecule is COc1ccc(Cl)c(NCc2ccc(F)cc2)c1. The maximum Gasteiger partial charge on any atom is 0.123 e.